The van der Waals surface area contributed by atoms with E-state index >= 15 is 0 Å². The van der Waals surface area contributed by atoms with Crippen LogP contribution in [-0.2, 0) is 20.4 Å². The highest BCUT2D eigenvalue weighted by Crippen LogP contribution is 2.37. The third-order valence-electron chi connectivity index (χ3n) is 5.18. The lowest BCUT2D eigenvalue weighted by Gasteiger charge is -2.37. The topological polar surface area (TPSA) is 60.0 Å². The first kappa shape index (κ1) is 25.5. The first-order valence-corrected chi connectivity index (χ1v) is 11.0. The zero-order chi connectivity index (χ0) is 24.9. The molecule has 0 fully saturated rings. The van der Waals surface area contributed by atoms with Crippen LogP contribution in [0.2, 0.25) is 0 Å². The van der Waals surface area contributed by atoms with E-state index in [0.717, 1.165) is 12.1 Å². The Morgan fingerprint density at radius 3 is 2.47 bits per heavy atom. The van der Waals surface area contributed by atoms with E-state index < -0.39 is 23.8 Å². The van der Waals surface area contributed by atoms with Gasteiger partial charge in [0, 0.05) is 18.5 Å². The number of allylic oxidation sites excluding steroid dienone is 1. The molecule has 1 heterocycles. The number of hydrogen-bond acceptors (Lipinski definition) is 5. The van der Waals surface area contributed by atoms with Gasteiger partial charge >= 0.3 is 12.1 Å². The maximum Gasteiger partial charge on any atom is 0.416 e. The molecule has 6 nitrogen and oxygen atoms in total. The highest BCUT2D eigenvalue weighted by molar-refractivity contribution is 7.80. The van der Waals surface area contributed by atoms with Crippen molar-refractivity contribution in [2.75, 3.05) is 31.8 Å². The first-order valence-electron chi connectivity index (χ1n) is 10.5. The number of benzene rings is 2. The average Bonchev–Trinajstić information content (AvgIpc) is 2.79. The maximum absolute atomic E-state index is 13.3. The third-order valence-corrected chi connectivity index (χ3v) is 5.48. The Labute approximate surface area is 201 Å². The number of esters is 1. The Balaban J connectivity index is 2.06. The number of carbonyl (C=O) groups excluding carboxylic acids is 1. The minimum absolute atomic E-state index is 0.0239. The highest BCUT2D eigenvalue weighted by Gasteiger charge is 2.37. The van der Waals surface area contributed by atoms with Crippen molar-refractivity contribution >= 4 is 29.0 Å². The molecule has 1 aliphatic rings. The number of nitrogens with zero attached hydrogens (tertiary/aromatic N) is 1. The minimum atomic E-state index is -4.52. The van der Waals surface area contributed by atoms with Crippen molar-refractivity contribution in [3.05, 3.63) is 70.9 Å². The summed E-state index contributed by atoms with van der Waals surface area (Å²) >= 11 is 5.52. The summed E-state index contributed by atoms with van der Waals surface area (Å²) in [5, 5.41) is 3.24. The van der Waals surface area contributed by atoms with Gasteiger partial charge in [-0.25, -0.2) is 4.79 Å². The molecule has 0 aromatic heterocycles. The Bertz CT molecular complexity index is 1070. The van der Waals surface area contributed by atoms with Crippen molar-refractivity contribution in [2.24, 2.45) is 0 Å². The van der Waals surface area contributed by atoms with Gasteiger partial charge in [0.15, 0.2) is 5.11 Å². The summed E-state index contributed by atoms with van der Waals surface area (Å²) in [7, 11) is 1.48. The van der Waals surface area contributed by atoms with Crippen molar-refractivity contribution in [3.63, 3.8) is 0 Å². The average molecular weight is 495 g/mol. The molecule has 0 aliphatic carbocycles. The molecule has 10 heteroatoms. The molecular formula is C24H25F3N2O4S. The van der Waals surface area contributed by atoms with Crippen LogP contribution >= 0.6 is 12.2 Å². The molecule has 0 bridgehead atoms. The van der Waals surface area contributed by atoms with Crippen LogP contribution in [-0.4, -0.2) is 38.0 Å². The molecule has 182 valence electrons. The molecule has 2 aromatic rings. The molecule has 0 saturated heterocycles. The lowest BCUT2D eigenvalue weighted by Crippen LogP contribution is -2.48. The summed E-state index contributed by atoms with van der Waals surface area (Å²) in [6.07, 6.45) is -4.52. The zero-order valence-electron chi connectivity index (χ0n) is 18.9. The van der Waals surface area contributed by atoms with Gasteiger partial charge in [-0.3, -0.25) is 4.90 Å². The van der Waals surface area contributed by atoms with Crippen LogP contribution in [0.25, 0.3) is 0 Å². The van der Waals surface area contributed by atoms with Gasteiger partial charge in [0.2, 0.25) is 0 Å². The Kier molecular flexibility index (Phi) is 8.16. The highest BCUT2D eigenvalue weighted by atomic mass is 32.1. The Hall–Kier alpha value is -3.11. The molecule has 3 rings (SSSR count). The van der Waals surface area contributed by atoms with Gasteiger partial charge < -0.3 is 19.5 Å². The number of halogens is 3. The summed E-state index contributed by atoms with van der Waals surface area (Å²) < 4.78 is 55.7. The molecule has 1 unspecified atom stereocenters. The lowest BCUT2D eigenvalue weighted by molar-refractivity contribution is -0.141. The molecule has 0 amide bonds. The third kappa shape index (κ3) is 5.68. The van der Waals surface area contributed by atoms with E-state index in [0.29, 0.717) is 23.6 Å². The molecule has 0 spiro atoms. The smallest absolute Gasteiger partial charge is 0.416 e. The number of rotatable bonds is 8. The number of carbonyl (C=O) groups is 1. The fourth-order valence-corrected chi connectivity index (χ4v) is 3.97. The predicted octanol–water partition coefficient (Wildman–Crippen LogP) is 5.00. The number of thiocarbonyl (C=S) groups is 1. The Morgan fingerprint density at radius 2 is 1.85 bits per heavy atom. The van der Waals surface area contributed by atoms with Crippen LogP contribution in [0.4, 0.5) is 18.9 Å². The molecular weight excluding hydrogens is 469 g/mol. The largest absolute Gasteiger partial charge is 0.494 e. The van der Waals surface area contributed by atoms with Crippen LogP contribution in [0, 0.1) is 0 Å². The fraction of sp³-hybridized carbons (Fsp3) is 0.333. The van der Waals surface area contributed by atoms with Gasteiger partial charge in [0.25, 0.3) is 0 Å². The second-order valence-electron chi connectivity index (χ2n) is 7.40. The number of hydrogen-bond donors (Lipinski definition) is 1. The minimum Gasteiger partial charge on any atom is -0.494 e. The summed E-state index contributed by atoms with van der Waals surface area (Å²) in [6.45, 7) is 4.23. The van der Waals surface area contributed by atoms with Crippen LogP contribution in [0.5, 0.6) is 5.75 Å². The number of methoxy groups -OCH3 is 1. The monoisotopic (exact) mass is 494 g/mol. The van der Waals surface area contributed by atoms with Crippen LogP contribution in [0.3, 0.4) is 0 Å². The van der Waals surface area contributed by atoms with Crippen LogP contribution in [0.1, 0.15) is 31.0 Å². The van der Waals surface area contributed by atoms with Crippen molar-refractivity contribution in [2.45, 2.75) is 26.1 Å². The molecule has 34 heavy (non-hydrogen) atoms. The van der Waals surface area contributed by atoms with Gasteiger partial charge in [-0.1, -0.05) is 18.2 Å². The van der Waals surface area contributed by atoms with Gasteiger partial charge in [-0.05, 0) is 62.0 Å². The normalized spacial score (nSPS) is 16.4. The van der Waals surface area contributed by atoms with Gasteiger partial charge in [-0.2, -0.15) is 13.2 Å². The number of anilines is 1. The van der Waals surface area contributed by atoms with E-state index in [-0.39, 0.29) is 29.6 Å². The molecule has 2 aromatic carbocycles. The number of alkyl halides is 3. The van der Waals surface area contributed by atoms with Gasteiger partial charge in [0.05, 0.1) is 30.4 Å². The lowest BCUT2D eigenvalue weighted by atomic mass is 9.94. The van der Waals surface area contributed by atoms with Crippen LogP contribution < -0.4 is 15.0 Å². The fourth-order valence-electron chi connectivity index (χ4n) is 3.61. The Morgan fingerprint density at radius 1 is 1.15 bits per heavy atom. The van der Waals surface area contributed by atoms with Gasteiger partial charge in [-0.15, -0.1) is 0 Å². The van der Waals surface area contributed by atoms with E-state index in [1.807, 2.05) is 6.92 Å². The zero-order valence-corrected chi connectivity index (χ0v) is 19.8. The predicted molar refractivity (Wildman–Crippen MR) is 126 cm³/mol. The molecule has 1 aliphatic heterocycles. The van der Waals surface area contributed by atoms with E-state index in [1.54, 1.807) is 31.2 Å². The standard InChI is InChI=1S/C24H25F3N2O4S/c1-4-32-19-10-8-16(9-11-19)21-20(22(30)33-13-12-31-3)15(2)29(23(34)28-21)18-7-5-6-17(14-18)24(25,26)27/h5-11,14,21H,4,12-13H2,1-3H3,(H,28,34). The van der Waals surface area contributed by atoms with Crippen LogP contribution in [0.15, 0.2) is 59.8 Å². The number of ether oxygens (including phenoxy) is 3. The van der Waals surface area contributed by atoms with E-state index in [9.17, 15) is 18.0 Å². The van der Waals surface area contributed by atoms with E-state index in [4.69, 9.17) is 26.4 Å². The van der Waals surface area contributed by atoms with Crippen molar-refractivity contribution < 1.29 is 32.2 Å². The first-order chi connectivity index (χ1) is 16.2. The van der Waals surface area contributed by atoms with Crippen molar-refractivity contribution in [1.29, 1.82) is 0 Å². The summed E-state index contributed by atoms with van der Waals surface area (Å²) in [5.41, 5.74) is 0.666. The van der Waals surface area contributed by atoms with Crippen molar-refractivity contribution in [3.8, 4) is 5.75 Å². The number of nitrogens with one attached hydrogen (secondary N) is 1. The van der Waals surface area contributed by atoms with Gasteiger partial charge in [0.1, 0.15) is 12.4 Å². The quantitative estimate of drug-likeness (QED) is 0.315. The maximum atomic E-state index is 13.3. The molecule has 1 atom stereocenters. The summed E-state index contributed by atoms with van der Waals surface area (Å²) in [5.74, 6) is 0.0422. The molecule has 0 radical (unpaired) electrons. The molecule has 0 saturated carbocycles. The summed E-state index contributed by atoms with van der Waals surface area (Å²) in [6, 6.07) is 11.2. The SMILES string of the molecule is CCOc1ccc(C2NC(=S)N(c3cccc(C(F)(F)F)c3)C(C)=C2C(=O)OCCOC)cc1. The second kappa shape index (κ2) is 10.9. The molecule has 1 N–H and O–H groups in total. The summed E-state index contributed by atoms with van der Waals surface area (Å²) in [4.78, 5) is 14.5. The van der Waals surface area contributed by atoms with E-state index in [2.05, 4.69) is 5.32 Å². The second-order valence-corrected chi connectivity index (χ2v) is 7.78. The van der Waals surface area contributed by atoms with E-state index in [1.165, 1.54) is 24.1 Å². The van der Waals surface area contributed by atoms with Crippen molar-refractivity contribution in [1.82, 2.24) is 5.32 Å².